The Labute approximate surface area is 198 Å². The number of nitrogens with one attached hydrogen (secondary N) is 1. The molecule has 2 amide bonds. The standard InChI is InChI=1S/C26H31F3N2O3/c1-26(2,3)34-16-23-25(33)30-11-12-31(23)24(32)10-9-18(13-17-7-5-4-6-8-17)19-14-21(28)22(29)15-20(19)27/h4-8,14-15,18,23H,9-13,16H2,1-3H3,(H,30,33)/t18-,23-/m1/s1. The average Bonchev–Trinajstić information content (AvgIpc) is 2.78. The van der Waals surface area contributed by atoms with Crippen LogP contribution in [0, 0.1) is 17.5 Å². The lowest BCUT2D eigenvalue weighted by molar-refractivity contribution is -0.148. The highest BCUT2D eigenvalue weighted by Gasteiger charge is 2.34. The number of carbonyl (C=O) groups is 2. The largest absolute Gasteiger partial charge is 0.373 e. The van der Waals surface area contributed by atoms with Gasteiger partial charge < -0.3 is 15.0 Å². The molecule has 1 aliphatic heterocycles. The molecule has 1 saturated heterocycles. The highest BCUT2D eigenvalue weighted by molar-refractivity contribution is 5.89. The highest BCUT2D eigenvalue weighted by atomic mass is 19.2. The minimum absolute atomic E-state index is 0.0230. The number of hydrogen-bond acceptors (Lipinski definition) is 3. The summed E-state index contributed by atoms with van der Waals surface area (Å²) >= 11 is 0. The molecule has 184 valence electrons. The van der Waals surface area contributed by atoms with Crippen molar-refractivity contribution >= 4 is 11.8 Å². The maximum absolute atomic E-state index is 14.6. The summed E-state index contributed by atoms with van der Waals surface area (Å²) in [5.74, 6) is -4.33. The van der Waals surface area contributed by atoms with Gasteiger partial charge in [-0.05, 0) is 56.7 Å². The van der Waals surface area contributed by atoms with E-state index in [4.69, 9.17) is 4.74 Å². The van der Waals surface area contributed by atoms with Crippen molar-refractivity contribution < 1.29 is 27.5 Å². The molecule has 2 aromatic rings. The third-order valence-corrected chi connectivity index (χ3v) is 5.84. The Morgan fingerprint density at radius 3 is 2.47 bits per heavy atom. The van der Waals surface area contributed by atoms with Crippen LogP contribution >= 0.6 is 0 Å². The van der Waals surface area contributed by atoms with Crippen LogP contribution in [-0.2, 0) is 20.7 Å². The van der Waals surface area contributed by atoms with Gasteiger partial charge in [0.1, 0.15) is 11.9 Å². The van der Waals surface area contributed by atoms with Gasteiger partial charge >= 0.3 is 0 Å². The van der Waals surface area contributed by atoms with E-state index in [0.717, 1.165) is 11.6 Å². The van der Waals surface area contributed by atoms with Crippen molar-refractivity contribution in [2.45, 2.75) is 57.6 Å². The second-order valence-corrected chi connectivity index (χ2v) is 9.53. The van der Waals surface area contributed by atoms with E-state index < -0.39 is 35.0 Å². The van der Waals surface area contributed by atoms with E-state index in [2.05, 4.69) is 5.32 Å². The molecule has 0 aromatic heterocycles. The molecule has 2 aromatic carbocycles. The molecular formula is C26H31F3N2O3. The van der Waals surface area contributed by atoms with Crippen LogP contribution in [0.15, 0.2) is 42.5 Å². The number of halogens is 3. The minimum Gasteiger partial charge on any atom is -0.373 e. The second kappa shape index (κ2) is 11.0. The number of nitrogens with zero attached hydrogens (tertiary/aromatic N) is 1. The predicted octanol–water partition coefficient (Wildman–Crippen LogP) is 4.35. The van der Waals surface area contributed by atoms with Crippen LogP contribution in [0.2, 0.25) is 0 Å². The number of hydrogen-bond donors (Lipinski definition) is 1. The van der Waals surface area contributed by atoms with Gasteiger partial charge in [-0.2, -0.15) is 0 Å². The van der Waals surface area contributed by atoms with Crippen molar-refractivity contribution in [1.29, 1.82) is 0 Å². The van der Waals surface area contributed by atoms with Crippen LogP contribution in [0.25, 0.3) is 0 Å². The molecule has 34 heavy (non-hydrogen) atoms. The summed E-state index contributed by atoms with van der Waals surface area (Å²) in [4.78, 5) is 27.1. The van der Waals surface area contributed by atoms with Gasteiger partial charge in [0, 0.05) is 25.6 Å². The molecule has 0 radical (unpaired) electrons. The normalized spacial score (nSPS) is 17.4. The molecule has 0 aliphatic carbocycles. The Kier molecular flexibility index (Phi) is 8.36. The SMILES string of the molecule is CC(C)(C)OC[C@@H]1C(=O)NCCN1C(=O)CC[C@H](Cc1ccccc1)c1cc(F)c(F)cc1F. The first kappa shape index (κ1) is 25.7. The smallest absolute Gasteiger partial charge is 0.245 e. The molecule has 1 N–H and O–H groups in total. The molecule has 1 fully saturated rings. The van der Waals surface area contributed by atoms with Gasteiger partial charge in [-0.25, -0.2) is 13.2 Å². The quantitative estimate of drug-likeness (QED) is 0.577. The number of amides is 2. The number of carbonyl (C=O) groups excluding carboxylic acids is 2. The van der Waals surface area contributed by atoms with Crippen molar-refractivity contribution in [1.82, 2.24) is 10.2 Å². The van der Waals surface area contributed by atoms with Crippen LogP contribution < -0.4 is 5.32 Å². The second-order valence-electron chi connectivity index (χ2n) is 9.53. The van der Waals surface area contributed by atoms with Gasteiger partial charge in [0.15, 0.2) is 11.6 Å². The fourth-order valence-electron chi connectivity index (χ4n) is 4.07. The third-order valence-electron chi connectivity index (χ3n) is 5.84. The molecule has 0 unspecified atom stereocenters. The Morgan fingerprint density at radius 1 is 1.12 bits per heavy atom. The molecule has 1 aliphatic rings. The maximum atomic E-state index is 14.6. The van der Waals surface area contributed by atoms with Gasteiger partial charge in [0.2, 0.25) is 11.8 Å². The van der Waals surface area contributed by atoms with Crippen LogP contribution in [0.1, 0.15) is 50.7 Å². The van der Waals surface area contributed by atoms with E-state index in [1.807, 2.05) is 51.1 Å². The summed E-state index contributed by atoms with van der Waals surface area (Å²) in [6.45, 7) is 6.33. The lowest BCUT2D eigenvalue weighted by atomic mass is 9.87. The van der Waals surface area contributed by atoms with E-state index in [0.29, 0.717) is 25.6 Å². The molecule has 8 heteroatoms. The number of piperazine rings is 1. The third kappa shape index (κ3) is 6.82. The van der Waals surface area contributed by atoms with Crippen molar-refractivity contribution in [3.63, 3.8) is 0 Å². The van der Waals surface area contributed by atoms with Crippen molar-refractivity contribution in [2.24, 2.45) is 0 Å². The Morgan fingerprint density at radius 2 is 1.79 bits per heavy atom. The summed E-state index contributed by atoms with van der Waals surface area (Å²) in [5.41, 5.74) is 0.440. The van der Waals surface area contributed by atoms with Crippen LogP contribution in [0.3, 0.4) is 0 Å². The number of benzene rings is 2. The molecular weight excluding hydrogens is 445 g/mol. The molecule has 0 saturated carbocycles. The van der Waals surface area contributed by atoms with E-state index in [9.17, 15) is 22.8 Å². The number of ether oxygens (including phenoxy) is 1. The first-order chi connectivity index (χ1) is 16.0. The fraction of sp³-hybridized carbons (Fsp3) is 0.462. The Bertz CT molecular complexity index is 1010. The fourth-order valence-corrected chi connectivity index (χ4v) is 4.07. The zero-order valence-corrected chi connectivity index (χ0v) is 19.7. The Hall–Kier alpha value is -2.87. The lowest BCUT2D eigenvalue weighted by Gasteiger charge is -2.36. The lowest BCUT2D eigenvalue weighted by Crippen LogP contribution is -2.59. The highest BCUT2D eigenvalue weighted by Crippen LogP contribution is 2.30. The monoisotopic (exact) mass is 476 g/mol. The zero-order valence-electron chi connectivity index (χ0n) is 19.7. The van der Waals surface area contributed by atoms with Gasteiger partial charge in [-0.1, -0.05) is 30.3 Å². The topological polar surface area (TPSA) is 58.6 Å². The predicted molar refractivity (Wildman–Crippen MR) is 123 cm³/mol. The summed E-state index contributed by atoms with van der Waals surface area (Å²) in [5, 5.41) is 2.76. The summed E-state index contributed by atoms with van der Waals surface area (Å²) in [7, 11) is 0. The van der Waals surface area contributed by atoms with E-state index >= 15 is 0 Å². The number of rotatable bonds is 8. The Balaban J connectivity index is 1.77. The van der Waals surface area contributed by atoms with Gasteiger partial charge in [0.25, 0.3) is 0 Å². The molecule has 0 bridgehead atoms. The van der Waals surface area contributed by atoms with Crippen LogP contribution in [-0.4, -0.2) is 48.1 Å². The molecule has 2 atom stereocenters. The van der Waals surface area contributed by atoms with E-state index in [-0.39, 0.29) is 36.8 Å². The first-order valence-electron chi connectivity index (χ1n) is 11.4. The van der Waals surface area contributed by atoms with Crippen molar-refractivity contribution in [2.75, 3.05) is 19.7 Å². The van der Waals surface area contributed by atoms with E-state index in [1.165, 1.54) is 4.90 Å². The van der Waals surface area contributed by atoms with Crippen LogP contribution in [0.5, 0.6) is 0 Å². The van der Waals surface area contributed by atoms with Gasteiger partial charge in [0.05, 0.1) is 12.2 Å². The molecule has 0 spiro atoms. The molecule has 1 heterocycles. The van der Waals surface area contributed by atoms with Gasteiger partial charge in [-0.3, -0.25) is 9.59 Å². The minimum atomic E-state index is -1.25. The van der Waals surface area contributed by atoms with E-state index in [1.54, 1.807) is 0 Å². The van der Waals surface area contributed by atoms with Gasteiger partial charge in [-0.15, -0.1) is 0 Å². The zero-order chi connectivity index (χ0) is 24.9. The average molecular weight is 477 g/mol. The maximum Gasteiger partial charge on any atom is 0.245 e. The van der Waals surface area contributed by atoms with Crippen LogP contribution in [0.4, 0.5) is 13.2 Å². The molecule has 5 nitrogen and oxygen atoms in total. The van der Waals surface area contributed by atoms with Crippen molar-refractivity contribution in [3.05, 3.63) is 71.0 Å². The first-order valence-corrected chi connectivity index (χ1v) is 11.4. The summed E-state index contributed by atoms with van der Waals surface area (Å²) < 4.78 is 47.8. The molecule has 3 rings (SSSR count). The summed E-state index contributed by atoms with van der Waals surface area (Å²) in [6, 6.07) is 9.91. The van der Waals surface area contributed by atoms with Crippen molar-refractivity contribution in [3.8, 4) is 0 Å². The summed E-state index contributed by atoms with van der Waals surface area (Å²) in [6.07, 6.45) is 0.586.